The molecule has 0 heterocycles. The van der Waals surface area contributed by atoms with Crippen molar-refractivity contribution in [3.05, 3.63) is 0 Å². The molecule has 4 nitrogen and oxygen atoms in total. The number of rotatable bonds is 3. The molecule has 13 heavy (non-hydrogen) atoms. The van der Waals surface area contributed by atoms with E-state index in [1.807, 2.05) is 0 Å². The lowest BCUT2D eigenvalue weighted by molar-refractivity contribution is 0.237. The van der Waals surface area contributed by atoms with Crippen molar-refractivity contribution >= 4 is 10.0 Å². The first kappa shape index (κ1) is 10.9. The van der Waals surface area contributed by atoms with Crippen molar-refractivity contribution in [2.45, 2.75) is 30.4 Å². The zero-order valence-corrected chi connectivity index (χ0v) is 8.97. The molecule has 1 N–H and O–H groups in total. The van der Waals surface area contributed by atoms with Crippen molar-refractivity contribution in [1.29, 1.82) is 0 Å². The maximum Gasteiger partial charge on any atom is 0.221 e. The third-order valence-electron chi connectivity index (χ3n) is 2.83. The lowest BCUT2D eigenvalue weighted by atomic mass is 10.1. The fourth-order valence-corrected chi connectivity index (χ4v) is 3.65. The highest BCUT2D eigenvalue weighted by molar-refractivity contribution is 7.90. The van der Waals surface area contributed by atoms with Crippen LogP contribution in [0, 0.1) is 0 Å². The van der Waals surface area contributed by atoms with Gasteiger partial charge in [-0.05, 0) is 12.8 Å². The van der Waals surface area contributed by atoms with Gasteiger partial charge in [-0.3, -0.25) is 0 Å². The van der Waals surface area contributed by atoms with E-state index in [0.29, 0.717) is 12.8 Å². The molecule has 0 saturated heterocycles. The van der Waals surface area contributed by atoms with E-state index in [-0.39, 0.29) is 6.61 Å². The Labute approximate surface area is 79.6 Å². The van der Waals surface area contributed by atoms with Crippen molar-refractivity contribution in [2.24, 2.45) is 0 Å². The second kappa shape index (κ2) is 3.55. The van der Waals surface area contributed by atoms with Crippen LogP contribution in [-0.2, 0) is 10.0 Å². The largest absolute Gasteiger partial charge is 0.395 e. The second-order valence-electron chi connectivity index (χ2n) is 3.84. The van der Waals surface area contributed by atoms with Crippen LogP contribution in [0.2, 0.25) is 0 Å². The lowest BCUT2D eigenvalue weighted by Gasteiger charge is -2.29. The minimum atomic E-state index is -3.30. The van der Waals surface area contributed by atoms with Crippen molar-refractivity contribution in [3.8, 4) is 0 Å². The summed E-state index contributed by atoms with van der Waals surface area (Å²) in [7, 11) is -0.267. The van der Waals surface area contributed by atoms with Crippen LogP contribution >= 0.6 is 0 Å². The molecule has 0 unspecified atom stereocenters. The summed E-state index contributed by atoms with van der Waals surface area (Å²) in [5, 5.41) is 9.20. The van der Waals surface area contributed by atoms with Crippen LogP contribution in [0.3, 0.4) is 0 Å². The van der Waals surface area contributed by atoms with Crippen LogP contribution in [0.15, 0.2) is 0 Å². The lowest BCUT2D eigenvalue weighted by Crippen LogP contribution is -2.46. The van der Waals surface area contributed by atoms with Crippen LogP contribution in [0.4, 0.5) is 0 Å². The molecule has 0 aromatic rings. The van der Waals surface area contributed by atoms with Gasteiger partial charge < -0.3 is 5.11 Å². The molecule has 0 aromatic carbocycles. The van der Waals surface area contributed by atoms with E-state index in [2.05, 4.69) is 0 Å². The Bertz CT molecular complexity index is 265. The Morgan fingerprint density at radius 3 is 2.08 bits per heavy atom. The first-order chi connectivity index (χ1) is 5.96. The quantitative estimate of drug-likeness (QED) is 0.718. The molecular formula is C8H17NO3S. The number of nitrogens with zero attached hydrogens (tertiary/aromatic N) is 1. The van der Waals surface area contributed by atoms with Crippen molar-refractivity contribution < 1.29 is 13.5 Å². The highest BCUT2D eigenvalue weighted by Gasteiger charge is 2.46. The molecule has 1 fully saturated rings. The number of aliphatic hydroxyl groups is 1. The van der Waals surface area contributed by atoms with E-state index in [9.17, 15) is 13.5 Å². The summed E-state index contributed by atoms with van der Waals surface area (Å²) in [4.78, 5) is 0. The van der Waals surface area contributed by atoms with Gasteiger partial charge in [0.2, 0.25) is 10.0 Å². The summed E-state index contributed by atoms with van der Waals surface area (Å²) < 4.78 is 24.0. The molecule has 5 heteroatoms. The molecule has 1 aliphatic carbocycles. The van der Waals surface area contributed by atoms with Crippen molar-refractivity contribution in [2.75, 3.05) is 20.7 Å². The van der Waals surface area contributed by atoms with Gasteiger partial charge in [-0.25, -0.2) is 12.7 Å². The molecule has 0 atom stereocenters. The maximum absolute atomic E-state index is 11.9. The van der Waals surface area contributed by atoms with E-state index in [1.165, 1.54) is 18.4 Å². The van der Waals surface area contributed by atoms with E-state index < -0.39 is 14.8 Å². The van der Waals surface area contributed by atoms with Gasteiger partial charge in [-0.2, -0.15) is 0 Å². The molecule has 0 aliphatic heterocycles. The maximum atomic E-state index is 11.9. The second-order valence-corrected chi connectivity index (χ2v) is 6.38. The molecule has 0 radical (unpaired) electrons. The number of hydrogen-bond acceptors (Lipinski definition) is 3. The minimum Gasteiger partial charge on any atom is -0.395 e. The Balaban J connectivity index is 3.01. The molecule has 1 saturated carbocycles. The molecular weight excluding hydrogens is 190 g/mol. The summed E-state index contributed by atoms with van der Waals surface area (Å²) >= 11 is 0. The van der Waals surface area contributed by atoms with Gasteiger partial charge in [0.25, 0.3) is 0 Å². The predicted molar refractivity (Wildman–Crippen MR) is 50.9 cm³/mol. The van der Waals surface area contributed by atoms with Crippen LogP contribution in [0.5, 0.6) is 0 Å². The van der Waals surface area contributed by atoms with Gasteiger partial charge in [0, 0.05) is 14.1 Å². The number of hydrogen-bond donors (Lipinski definition) is 1. The Morgan fingerprint density at radius 1 is 1.31 bits per heavy atom. The topological polar surface area (TPSA) is 57.6 Å². The van der Waals surface area contributed by atoms with Crippen molar-refractivity contribution in [1.82, 2.24) is 4.31 Å². The van der Waals surface area contributed by atoms with E-state index in [1.54, 1.807) is 0 Å². The summed E-state index contributed by atoms with van der Waals surface area (Å²) in [6.45, 7) is -0.256. The molecule has 0 amide bonds. The van der Waals surface area contributed by atoms with E-state index in [4.69, 9.17) is 0 Å². The Morgan fingerprint density at radius 2 is 1.77 bits per heavy atom. The third-order valence-corrected chi connectivity index (χ3v) is 5.42. The normalized spacial score (nSPS) is 22.5. The van der Waals surface area contributed by atoms with Gasteiger partial charge >= 0.3 is 0 Å². The fraction of sp³-hybridized carbons (Fsp3) is 1.00. The van der Waals surface area contributed by atoms with E-state index in [0.717, 1.165) is 12.8 Å². The third kappa shape index (κ3) is 1.60. The summed E-state index contributed by atoms with van der Waals surface area (Å²) in [5.41, 5.74) is 0. The molecule has 0 bridgehead atoms. The zero-order chi connectivity index (χ0) is 10.1. The summed E-state index contributed by atoms with van der Waals surface area (Å²) in [6.07, 6.45) is 2.97. The average molecular weight is 207 g/mol. The highest BCUT2D eigenvalue weighted by atomic mass is 32.2. The van der Waals surface area contributed by atoms with Crippen molar-refractivity contribution in [3.63, 3.8) is 0 Å². The van der Waals surface area contributed by atoms with Crippen LogP contribution in [0.25, 0.3) is 0 Å². The smallest absolute Gasteiger partial charge is 0.221 e. The average Bonchev–Trinajstić information content (AvgIpc) is 2.53. The zero-order valence-electron chi connectivity index (χ0n) is 8.15. The number of aliphatic hydroxyl groups excluding tert-OH is 1. The fourth-order valence-electron chi connectivity index (χ4n) is 1.90. The molecule has 1 aliphatic rings. The van der Waals surface area contributed by atoms with Crippen LogP contribution in [0.1, 0.15) is 25.7 Å². The van der Waals surface area contributed by atoms with Gasteiger partial charge in [0.15, 0.2) is 0 Å². The first-order valence-corrected chi connectivity index (χ1v) is 5.93. The van der Waals surface area contributed by atoms with Gasteiger partial charge in [0.1, 0.15) is 4.75 Å². The van der Waals surface area contributed by atoms with Gasteiger partial charge in [-0.15, -0.1) is 0 Å². The minimum absolute atomic E-state index is 0.256. The summed E-state index contributed by atoms with van der Waals surface area (Å²) in [6, 6.07) is 0. The first-order valence-electron chi connectivity index (χ1n) is 4.49. The molecule has 78 valence electrons. The standard InChI is InChI=1S/C8H17NO3S/c1-9(2)13(11,12)8(7-10)5-3-4-6-8/h10H,3-7H2,1-2H3. The molecule has 0 aromatic heterocycles. The Hall–Kier alpha value is -0.130. The molecule has 0 spiro atoms. The SMILES string of the molecule is CN(C)S(=O)(=O)C1(CO)CCCC1. The monoisotopic (exact) mass is 207 g/mol. The molecule has 1 rings (SSSR count). The Kier molecular flexibility index (Phi) is 2.99. The van der Waals surface area contributed by atoms with Gasteiger partial charge in [-0.1, -0.05) is 12.8 Å². The van der Waals surface area contributed by atoms with E-state index >= 15 is 0 Å². The van der Waals surface area contributed by atoms with Crippen LogP contribution in [-0.4, -0.2) is 43.3 Å². The highest BCUT2D eigenvalue weighted by Crippen LogP contribution is 2.37. The predicted octanol–water partition coefficient (Wildman–Crippen LogP) is 0.183. The number of sulfonamides is 1. The summed E-state index contributed by atoms with van der Waals surface area (Å²) in [5.74, 6) is 0. The van der Waals surface area contributed by atoms with Crippen LogP contribution < -0.4 is 0 Å². The van der Waals surface area contributed by atoms with Gasteiger partial charge in [0.05, 0.1) is 6.61 Å².